The minimum absolute atomic E-state index is 0.539. The minimum atomic E-state index is 0.539. The summed E-state index contributed by atoms with van der Waals surface area (Å²) >= 11 is 0. The van der Waals surface area contributed by atoms with E-state index in [1.807, 2.05) is 0 Å². The summed E-state index contributed by atoms with van der Waals surface area (Å²) in [5.74, 6) is 0. The lowest BCUT2D eigenvalue weighted by Gasteiger charge is -2.26. The Labute approximate surface area is 118 Å². The zero-order valence-electron chi connectivity index (χ0n) is 12.5. The topological polar surface area (TPSA) is 15.3 Å². The first-order valence-corrected chi connectivity index (χ1v) is 7.94. The predicted octanol–water partition coefficient (Wildman–Crippen LogP) is 4.13. The van der Waals surface area contributed by atoms with Crippen LogP contribution in [0.1, 0.15) is 57.6 Å². The highest BCUT2D eigenvalue weighted by Crippen LogP contribution is 2.32. The van der Waals surface area contributed by atoms with Crippen molar-refractivity contribution in [3.8, 4) is 0 Å². The molecule has 0 fully saturated rings. The fourth-order valence-electron chi connectivity index (χ4n) is 3.08. The van der Waals surface area contributed by atoms with Crippen molar-refractivity contribution in [2.45, 2.75) is 52.0 Å². The maximum atomic E-state index is 3.64. The van der Waals surface area contributed by atoms with E-state index in [0.717, 1.165) is 6.54 Å². The van der Waals surface area contributed by atoms with Gasteiger partial charge in [0, 0.05) is 24.8 Å². The van der Waals surface area contributed by atoms with E-state index >= 15 is 0 Å². The minimum Gasteiger partial charge on any atom is -0.371 e. The Morgan fingerprint density at radius 2 is 2.05 bits per heavy atom. The van der Waals surface area contributed by atoms with Crippen LogP contribution in [0.15, 0.2) is 24.3 Å². The summed E-state index contributed by atoms with van der Waals surface area (Å²) in [6, 6.07) is 9.51. The highest BCUT2D eigenvalue weighted by atomic mass is 15.1. The number of hydrogen-bond donors (Lipinski definition) is 1. The molecule has 19 heavy (non-hydrogen) atoms. The van der Waals surface area contributed by atoms with E-state index in [9.17, 15) is 0 Å². The van der Waals surface area contributed by atoms with Crippen molar-refractivity contribution in [2.24, 2.45) is 0 Å². The highest BCUT2D eigenvalue weighted by Gasteiger charge is 2.21. The van der Waals surface area contributed by atoms with Crippen LogP contribution in [0.2, 0.25) is 0 Å². The van der Waals surface area contributed by atoms with E-state index < -0.39 is 0 Å². The van der Waals surface area contributed by atoms with Gasteiger partial charge in [-0.3, -0.25) is 0 Å². The van der Waals surface area contributed by atoms with Gasteiger partial charge in [-0.05, 0) is 37.4 Å². The number of nitrogens with zero attached hydrogens (tertiary/aromatic N) is 1. The SMILES string of the molecule is CCCCCN1CCCC(NCC)c2ccccc21. The highest BCUT2D eigenvalue weighted by molar-refractivity contribution is 5.55. The third-order valence-electron chi connectivity index (χ3n) is 4.06. The van der Waals surface area contributed by atoms with Crippen molar-refractivity contribution in [3.63, 3.8) is 0 Å². The molecule has 0 bridgehead atoms. The number of anilines is 1. The average molecular weight is 260 g/mol. The van der Waals surface area contributed by atoms with Crippen molar-refractivity contribution in [2.75, 3.05) is 24.5 Å². The standard InChI is InChI=1S/C17H28N2/c1-3-5-8-13-19-14-9-11-16(18-4-2)15-10-6-7-12-17(15)19/h6-7,10,12,16,18H,3-5,8-9,11,13-14H2,1-2H3. The zero-order valence-corrected chi connectivity index (χ0v) is 12.5. The molecule has 1 aromatic rings. The molecule has 2 heteroatoms. The lowest BCUT2D eigenvalue weighted by molar-refractivity contribution is 0.510. The van der Waals surface area contributed by atoms with Gasteiger partial charge in [0.1, 0.15) is 0 Å². The molecule has 0 aliphatic carbocycles. The zero-order chi connectivity index (χ0) is 13.5. The fourth-order valence-corrected chi connectivity index (χ4v) is 3.08. The summed E-state index contributed by atoms with van der Waals surface area (Å²) in [6.07, 6.45) is 6.51. The number of hydrogen-bond acceptors (Lipinski definition) is 2. The lowest BCUT2D eigenvalue weighted by atomic mass is 10.0. The Hall–Kier alpha value is -1.02. The van der Waals surface area contributed by atoms with Crippen molar-refractivity contribution in [1.29, 1.82) is 0 Å². The first-order valence-electron chi connectivity index (χ1n) is 7.94. The third-order valence-corrected chi connectivity index (χ3v) is 4.06. The second-order valence-electron chi connectivity index (χ2n) is 5.51. The second kappa shape index (κ2) is 7.54. The van der Waals surface area contributed by atoms with Crippen LogP contribution in [0.5, 0.6) is 0 Å². The molecule has 0 radical (unpaired) electrons. The normalized spacial score (nSPS) is 19.1. The van der Waals surface area contributed by atoms with E-state index in [1.165, 1.54) is 56.4 Å². The molecule has 1 N–H and O–H groups in total. The van der Waals surface area contributed by atoms with Crippen molar-refractivity contribution in [1.82, 2.24) is 5.32 Å². The van der Waals surface area contributed by atoms with Gasteiger partial charge in [0.15, 0.2) is 0 Å². The predicted molar refractivity (Wildman–Crippen MR) is 83.8 cm³/mol. The van der Waals surface area contributed by atoms with Gasteiger partial charge >= 0.3 is 0 Å². The summed E-state index contributed by atoms with van der Waals surface area (Å²) in [5.41, 5.74) is 2.96. The number of rotatable bonds is 6. The molecule has 1 aliphatic rings. The third kappa shape index (κ3) is 3.73. The monoisotopic (exact) mass is 260 g/mol. The Kier molecular flexibility index (Phi) is 5.71. The molecule has 0 amide bonds. The summed E-state index contributed by atoms with van der Waals surface area (Å²) in [7, 11) is 0. The molecule has 0 aromatic heterocycles. The number of nitrogens with one attached hydrogen (secondary N) is 1. The molecule has 1 aromatic carbocycles. The van der Waals surface area contributed by atoms with Crippen LogP contribution in [0.25, 0.3) is 0 Å². The van der Waals surface area contributed by atoms with Gasteiger partial charge in [-0.1, -0.05) is 44.9 Å². The largest absolute Gasteiger partial charge is 0.371 e. The summed E-state index contributed by atoms with van der Waals surface area (Å²) in [4.78, 5) is 2.60. The van der Waals surface area contributed by atoms with Crippen molar-refractivity contribution < 1.29 is 0 Å². The lowest BCUT2D eigenvalue weighted by Crippen LogP contribution is -2.25. The summed E-state index contributed by atoms with van der Waals surface area (Å²) < 4.78 is 0. The Morgan fingerprint density at radius 3 is 2.84 bits per heavy atom. The van der Waals surface area contributed by atoms with E-state index in [2.05, 4.69) is 48.3 Å². The second-order valence-corrected chi connectivity index (χ2v) is 5.51. The van der Waals surface area contributed by atoms with Gasteiger partial charge in [-0.2, -0.15) is 0 Å². The number of para-hydroxylation sites is 1. The molecule has 1 heterocycles. The smallest absolute Gasteiger partial charge is 0.0414 e. The van der Waals surface area contributed by atoms with Gasteiger partial charge in [0.2, 0.25) is 0 Å². The quantitative estimate of drug-likeness (QED) is 0.774. The van der Waals surface area contributed by atoms with Crippen LogP contribution < -0.4 is 10.2 Å². The molecule has 1 aliphatic heterocycles. The van der Waals surface area contributed by atoms with Crippen LogP contribution in [-0.4, -0.2) is 19.6 Å². The van der Waals surface area contributed by atoms with Crippen molar-refractivity contribution in [3.05, 3.63) is 29.8 Å². The van der Waals surface area contributed by atoms with Gasteiger partial charge in [0.25, 0.3) is 0 Å². The molecular weight excluding hydrogens is 232 g/mol. The van der Waals surface area contributed by atoms with Gasteiger partial charge in [-0.15, -0.1) is 0 Å². The molecule has 0 saturated carbocycles. The van der Waals surface area contributed by atoms with Gasteiger partial charge in [0.05, 0.1) is 0 Å². The maximum absolute atomic E-state index is 3.64. The van der Waals surface area contributed by atoms with Crippen LogP contribution in [0, 0.1) is 0 Å². The van der Waals surface area contributed by atoms with E-state index in [4.69, 9.17) is 0 Å². The van der Waals surface area contributed by atoms with Crippen LogP contribution in [-0.2, 0) is 0 Å². The molecule has 106 valence electrons. The number of benzene rings is 1. The Morgan fingerprint density at radius 1 is 1.21 bits per heavy atom. The maximum Gasteiger partial charge on any atom is 0.0414 e. The molecule has 2 rings (SSSR count). The summed E-state index contributed by atoms with van der Waals surface area (Å²) in [6.45, 7) is 7.95. The molecule has 1 atom stereocenters. The van der Waals surface area contributed by atoms with Crippen molar-refractivity contribution >= 4 is 5.69 Å². The van der Waals surface area contributed by atoms with Crippen LogP contribution in [0.4, 0.5) is 5.69 Å². The Balaban J connectivity index is 2.15. The van der Waals surface area contributed by atoms with E-state index in [0.29, 0.717) is 6.04 Å². The Bertz CT molecular complexity index is 375. The van der Waals surface area contributed by atoms with Crippen LogP contribution in [0.3, 0.4) is 0 Å². The first-order chi connectivity index (χ1) is 9.36. The van der Waals surface area contributed by atoms with Gasteiger partial charge in [-0.25, -0.2) is 0 Å². The molecule has 2 nitrogen and oxygen atoms in total. The van der Waals surface area contributed by atoms with Gasteiger partial charge < -0.3 is 10.2 Å². The van der Waals surface area contributed by atoms with Crippen LogP contribution >= 0.6 is 0 Å². The van der Waals surface area contributed by atoms with E-state index in [1.54, 1.807) is 0 Å². The number of fused-ring (bicyclic) bond motifs is 1. The molecular formula is C17H28N2. The first kappa shape index (κ1) is 14.4. The van der Waals surface area contributed by atoms with E-state index in [-0.39, 0.29) is 0 Å². The fraction of sp³-hybridized carbons (Fsp3) is 0.647. The molecule has 0 spiro atoms. The summed E-state index contributed by atoms with van der Waals surface area (Å²) in [5, 5.41) is 3.64. The average Bonchev–Trinajstić information content (AvgIpc) is 2.61. The molecule has 1 unspecified atom stereocenters. The number of unbranched alkanes of at least 4 members (excludes halogenated alkanes) is 2. The molecule has 0 saturated heterocycles.